The summed E-state index contributed by atoms with van der Waals surface area (Å²) in [4.78, 5) is 11.5. The molecule has 0 spiro atoms. The molecule has 100 valence electrons. The average molecular weight is 241 g/mol. The van der Waals surface area contributed by atoms with Gasteiger partial charge in [-0.2, -0.15) is 0 Å². The minimum atomic E-state index is 0.220. The second-order valence-corrected chi connectivity index (χ2v) is 5.48. The van der Waals surface area contributed by atoms with Gasteiger partial charge in [-0.05, 0) is 37.5 Å². The largest absolute Gasteiger partial charge is 0.381 e. The first-order valence-corrected chi connectivity index (χ1v) is 7.03. The zero-order valence-corrected chi connectivity index (χ0v) is 11.3. The van der Waals surface area contributed by atoms with Crippen molar-refractivity contribution in [2.24, 2.45) is 11.8 Å². The van der Waals surface area contributed by atoms with Crippen LogP contribution >= 0.6 is 0 Å². The first-order valence-electron chi connectivity index (χ1n) is 7.03. The summed E-state index contributed by atoms with van der Waals surface area (Å²) in [5, 5.41) is 3.02. The van der Waals surface area contributed by atoms with E-state index < -0.39 is 0 Å². The highest BCUT2D eigenvalue weighted by atomic mass is 16.5. The second-order valence-electron chi connectivity index (χ2n) is 5.48. The Hall–Kier alpha value is -0.570. The van der Waals surface area contributed by atoms with Crippen LogP contribution in [0.15, 0.2) is 0 Å². The Morgan fingerprint density at radius 2 is 2.06 bits per heavy atom. The molecule has 1 amide bonds. The highest BCUT2D eigenvalue weighted by molar-refractivity contribution is 5.75. The van der Waals surface area contributed by atoms with Gasteiger partial charge in [0, 0.05) is 26.2 Å². The Labute approximate surface area is 105 Å². The third kappa shape index (κ3) is 7.37. The molecule has 3 heteroatoms. The summed E-state index contributed by atoms with van der Waals surface area (Å²) >= 11 is 0. The first-order chi connectivity index (χ1) is 8.18. The maximum absolute atomic E-state index is 11.5. The Morgan fingerprint density at radius 1 is 1.35 bits per heavy atom. The van der Waals surface area contributed by atoms with E-state index in [1.807, 2.05) is 0 Å². The molecule has 1 fully saturated rings. The van der Waals surface area contributed by atoms with Gasteiger partial charge in [0.25, 0.3) is 0 Å². The Morgan fingerprint density at radius 3 is 2.71 bits per heavy atom. The molecule has 1 aliphatic rings. The molecule has 1 aliphatic heterocycles. The molecule has 0 unspecified atom stereocenters. The minimum absolute atomic E-state index is 0.220. The summed E-state index contributed by atoms with van der Waals surface area (Å²) in [6.07, 6.45) is 6.27. The van der Waals surface area contributed by atoms with E-state index in [0.29, 0.717) is 12.3 Å². The van der Waals surface area contributed by atoms with Crippen LogP contribution in [0.2, 0.25) is 0 Å². The summed E-state index contributed by atoms with van der Waals surface area (Å²) in [5.74, 6) is 1.67. The zero-order chi connectivity index (χ0) is 12.5. The molecule has 1 N–H and O–H groups in total. The van der Waals surface area contributed by atoms with Crippen LogP contribution in [0.25, 0.3) is 0 Å². The van der Waals surface area contributed by atoms with E-state index in [1.54, 1.807) is 0 Å². The van der Waals surface area contributed by atoms with Crippen molar-refractivity contribution in [1.82, 2.24) is 5.32 Å². The van der Waals surface area contributed by atoms with Gasteiger partial charge in [-0.15, -0.1) is 0 Å². The molecule has 0 aromatic carbocycles. The molecule has 17 heavy (non-hydrogen) atoms. The second kappa shape index (κ2) is 8.51. The smallest absolute Gasteiger partial charge is 0.219 e. The van der Waals surface area contributed by atoms with E-state index in [4.69, 9.17) is 4.74 Å². The molecule has 0 saturated carbocycles. The van der Waals surface area contributed by atoms with E-state index in [0.717, 1.165) is 57.8 Å². The highest BCUT2D eigenvalue weighted by Gasteiger charge is 2.13. The summed E-state index contributed by atoms with van der Waals surface area (Å²) < 4.78 is 5.32. The fourth-order valence-electron chi connectivity index (χ4n) is 2.21. The molecule has 1 saturated heterocycles. The van der Waals surface area contributed by atoms with Crippen molar-refractivity contribution in [3.05, 3.63) is 0 Å². The van der Waals surface area contributed by atoms with Crippen molar-refractivity contribution in [2.45, 2.75) is 52.4 Å². The molecular weight excluding hydrogens is 214 g/mol. The van der Waals surface area contributed by atoms with Crippen LogP contribution in [-0.2, 0) is 9.53 Å². The summed E-state index contributed by atoms with van der Waals surface area (Å²) in [6.45, 7) is 7.03. The maximum atomic E-state index is 11.5. The lowest BCUT2D eigenvalue weighted by Gasteiger charge is -2.21. The Balaban J connectivity index is 1.95. The fourth-order valence-corrected chi connectivity index (χ4v) is 2.21. The summed E-state index contributed by atoms with van der Waals surface area (Å²) in [5.41, 5.74) is 0. The number of ether oxygens (including phenoxy) is 1. The molecule has 0 bridgehead atoms. The predicted octanol–water partition coefficient (Wildman–Crippen LogP) is 2.75. The molecule has 0 aromatic rings. The van der Waals surface area contributed by atoms with E-state index >= 15 is 0 Å². The van der Waals surface area contributed by atoms with Crippen LogP contribution in [-0.4, -0.2) is 25.7 Å². The van der Waals surface area contributed by atoms with Gasteiger partial charge in [0.15, 0.2) is 0 Å². The first kappa shape index (κ1) is 14.5. The fraction of sp³-hybridized carbons (Fsp3) is 0.929. The number of rotatable bonds is 7. The number of carbonyl (C=O) groups excluding carboxylic acids is 1. The van der Waals surface area contributed by atoms with Gasteiger partial charge in [-0.3, -0.25) is 4.79 Å². The molecule has 0 aliphatic carbocycles. The van der Waals surface area contributed by atoms with Crippen molar-refractivity contribution in [1.29, 1.82) is 0 Å². The van der Waals surface area contributed by atoms with Gasteiger partial charge in [-0.25, -0.2) is 0 Å². The molecular formula is C14H27NO2. The van der Waals surface area contributed by atoms with Crippen LogP contribution in [0.1, 0.15) is 52.4 Å². The minimum Gasteiger partial charge on any atom is -0.381 e. The lowest BCUT2D eigenvalue weighted by molar-refractivity contribution is -0.121. The molecule has 0 aromatic heterocycles. The van der Waals surface area contributed by atoms with Gasteiger partial charge < -0.3 is 10.1 Å². The van der Waals surface area contributed by atoms with Crippen molar-refractivity contribution in [3.8, 4) is 0 Å². The number of hydrogen-bond acceptors (Lipinski definition) is 2. The van der Waals surface area contributed by atoms with Crippen LogP contribution in [0.5, 0.6) is 0 Å². The van der Waals surface area contributed by atoms with Crippen LogP contribution in [0.3, 0.4) is 0 Å². The lowest BCUT2D eigenvalue weighted by Crippen LogP contribution is -2.27. The third-order valence-electron chi connectivity index (χ3n) is 3.40. The quantitative estimate of drug-likeness (QED) is 0.744. The normalized spacial score (nSPS) is 17.4. The topological polar surface area (TPSA) is 38.3 Å². The van der Waals surface area contributed by atoms with E-state index in [1.165, 1.54) is 0 Å². The van der Waals surface area contributed by atoms with Crippen molar-refractivity contribution >= 4 is 5.91 Å². The van der Waals surface area contributed by atoms with Gasteiger partial charge in [-0.1, -0.05) is 20.3 Å². The Kier molecular flexibility index (Phi) is 7.25. The standard InChI is InChI=1S/C14H27NO2/c1-12(2)4-3-5-14(16)15-9-6-13-7-10-17-11-8-13/h12-13H,3-11H2,1-2H3,(H,15,16). The third-order valence-corrected chi connectivity index (χ3v) is 3.40. The SMILES string of the molecule is CC(C)CCCC(=O)NCCC1CCOCC1. The summed E-state index contributed by atoms with van der Waals surface area (Å²) in [7, 11) is 0. The average Bonchev–Trinajstić information content (AvgIpc) is 2.30. The molecule has 1 rings (SSSR count). The molecule has 1 heterocycles. The zero-order valence-electron chi connectivity index (χ0n) is 11.3. The highest BCUT2D eigenvalue weighted by Crippen LogP contribution is 2.17. The van der Waals surface area contributed by atoms with E-state index in [2.05, 4.69) is 19.2 Å². The number of amides is 1. The number of hydrogen-bond donors (Lipinski definition) is 1. The summed E-state index contributed by atoms with van der Waals surface area (Å²) in [6, 6.07) is 0. The van der Waals surface area contributed by atoms with Crippen LogP contribution < -0.4 is 5.32 Å². The van der Waals surface area contributed by atoms with Crippen molar-refractivity contribution in [2.75, 3.05) is 19.8 Å². The molecule has 0 radical (unpaired) electrons. The Bertz CT molecular complexity index is 210. The van der Waals surface area contributed by atoms with Crippen molar-refractivity contribution in [3.63, 3.8) is 0 Å². The van der Waals surface area contributed by atoms with E-state index in [9.17, 15) is 4.79 Å². The van der Waals surface area contributed by atoms with Gasteiger partial charge in [0.1, 0.15) is 0 Å². The molecule has 0 atom stereocenters. The van der Waals surface area contributed by atoms with Crippen LogP contribution in [0.4, 0.5) is 0 Å². The van der Waals surface area contributed by atoms with Gasteiger partial charge in [0.05, 0.1) is 0 Å². The maximum Gasteiger partial charge on any atom is 0.219 e. The lowest BCUT2D eigenvalue weighted by atomic mass is 9.97. The number of nitrogens with one attached hydrogen (secondary N) is 1. The van der Waals surface area contributed by atoms with E-state index in [-0.39, 0.29) is 5.91 Å². The van der Waals surface area contributed by atoms with Crippen molar-refractivity contribution < 1.29 is 9.53 Å². The van der Waals surface area contributed by atoms with Crippen LogP contribution in [0, 0.1) is 11.8 Å². The molecule has 3 nitrogen and oxygen atoms in total. The monoisotopic (exact) mass is 241 g/mol. The van der Waals surface area contributed by atoms with Gasteiger partial charge >= 0.3 is 0 Å². The number of carbonyl (C=O) groups is 1. The van der Waals surface area contributed by atoms with Gasteiger partial charge in [0.2, 0.25) is 5.91 Å². The predicted molar refractivity (Wildman–Crippen MR) is 69.9 cm³/mol.